The van der Waals surface area contributed by atoms with Gasteiger partial charge in [0, 0.05) is 12.6 Å². The molecule has 4 N–H and O–H groups in total. The minimum absolute atomic E-state index is 0.0401. The van der Waals surface area contributed by atoms with Crippen molar-refractivity contribution in [2.75, 3.05) is 5.01 Å². The zero-order valence-corrected chi connectivity index (χ0v) is 15.7. The standard InChI is InChI=1S/C20H22F2N6/c1-13-6-8-15(9-7-13)16(12-24-14(2)23)10-11-19-25-26-27-28(19)18-5-3-4-17(21)20(18)22/h3-10,12,14,26-27H,11,23H2,1-2H3/b16-10+,24-12-. The number of hydrogen-bond donors (Lipinski definition) is 3. The minimum atomic E-state index is -0.951. The van der Waals surface area contributed by atoms with Gasteiger partial charge in [0.25, 0.3) is 0 Å². The second kappa shape index (κ2) is 8.73. The molecule has 1 atom stereocenters. The predicted molar refractivity (Wildman–Crippen MR) is 108 cm³/mol. The topological polar surface area (TPSA) is 78.0 Å². The Labute approximate surface area is 162 Å². The van der Waals surface area contributed by atoms with E-state index in [2.05, 4.69) is 21.2 Å². The average molecular weight is 384 g/mol. The van der Waals surface area contributed by atoms with Crippen LogP contribution in [0.3, 0.4) is 0 Å². The van der Waals surface area contributed by atoms with Crippen LogP contribution in [0.25, 0.3) is 5.57 Å². The molecule has 1 aliphatic heterocycles. The van der Waals surface area contributed by atoms with Crippen molar-refractivity contribution < 1.29 is 8.78 Å². The van der Waals surface area contributed by atoms with Crippen molar-refractivity contribution in [2.24, 2.45) is 15.8 Å². The molecule has 146 valence electrons. The fourth-order valence-electron chi connectivity index (χ4n) is 2.65. The van der Waals surface area contributed by atoms with Crippen LogP contribution in [0.5, 0.6) is 0 Å². The lowest BCUT2D eigenvalue weighted by molar-refractivity contribution is 0.503. The highest BCUT2D eigenvalue weighted by Crippen LogP contribution is 2.23. The van der Waals surface area contributed by atoms with Gasteiger partial charge in [-0.05, 0) is 37.1 Å². The highest BCUT2D eigenvalue weighted by molar-refractivity contribution is 6.11. The fraction of sp³-hybridized carbons (Fsp3) is 0.200. The summed E-state index contributed by atoms with van der Waals surface area (Å²) in [5.41, 5.74) is 14.0. The Kier molecular flexibility index (Phi) is 6.13. The first-order valence-electron chi connectivity index (χ1n) is 8.83. The largest absolute Gasteiger partial charge is 0.310 e. The molecule has 6 nitrogen and oxygen atoms in total. The first-order valence-corrected chi connectivity index (χ1v) is 8.83. The number of nitrogens with two attached hydrogens (primary N) is 1. The maximum absolute atomic E-state index is 14.1. The normalized spacial score (nSPS) is 15.7. The molecular formula is C20H22F2N6. The van der Waals surface area contributed by atoms with Crippen molar-refractivity contribution in [2.45, 2.75) is 26.4 Å². The number of nitrogens with zero attached hydrogens (tertiary/aromatic N) is 3. The molecule has 3 rings (SSSR count). The molecule has 28 heavy (non-hydrogen) atoms. The number of hydrazone groups is 1. The lowest BCUT2D eigenvalue weighted by atomic mass is 10.0. The molecule has 0 aliphatic carbocycles. The van der Waals surface area contributed by atoms with E-state index in [0.29, 0.717) is 12.3 Å². The van der Waals surface area contributed by atoms with Gasteiger partial charge >= 0.3 is 0 Å². The van der Waals surface area contributed by atoms with Crippen LogP contribution < -0.4 is 21.8 Å². The molecule has 2 aromatic carbocycles. The molecule has 0 bridgehead atoms. The summed E-state index contributed by atoms with van der Waals surface area (Å²) in [5, 5.41) is 5.48. The fourth-order valence-corrected chi connectivity index (χ4v) is 2.65. The van der Waals surface area contributed by atoms with Crippen LogP contribution in [0.2, 0.25) is 0 Å². The molecular weight excluding hydrogens is 362 g/mol. The van der Waals surface area contributed by atoms with E-state index in [1.807, 2.05) is 37.3 Å². The van der Waals surface area contributed by atoms with Gasteiger partial charge in [-0.3, -0.25) is 4.99 Å². The summed E-state index contributed by atoms with van der Waals surface area (Å²) in [6, 6.07) is 12.0. The number of rotatable bonds is 6. The monoisotopic (exact) mass is 384 g/mol. The molecule has 0 aromatic heterocycles. The minimum Gasteiger partial charge on any atom is -0.310 e. The van der Waals surface area contributed by atoms with Crippen molar-refractivity contribution in [3.63, 3.8) is 0 Å². The van der Waals surface area contributed by atoms with E-state index in [4.69, 9.17) is 5.73 Å². The van der Waals surface area contributed by atoms with Gasteiger partial charge < -0.3 is 5.73 Å². The Morgan fingerprint density at radius 3 is 2.71 bits per heavy atom. The number of halogens is 2. The second-order valence-corrected chi connectivity index (χ2v) is 6.41. The number of aryl methyl sites for hydroxylation is 1. The zero-order chi connectivity index (χ0) is 20.1. The maximum atomic E-state index is 14.1. The van der Waals surface area contributed by atoms with Crippen molar-refractivity contribution in [3.05, 3.63) is 71.3 Å². The van der Waals surface area contributed by atoms with E-state index >= 15 is 0 Å². The highest BCUT2D eigenvalue weighted by Gasteiger charge is 2.22. The molecule has 0 amide bonds. The van der Waals surface area contributed by atoms with E-state index in [1.54, 1.807) is 13.1 Å². The van der Waals surface area contributed by atoms with Gasteiger partial charge in [0.2, 0.25) is 0 Å². The number of aliphatic imine (C=N–C) groups is 1. The first-order chi connectivity index (χ1) is 13.5. The summed E-state index contributed by atoms with van der Waals surface area (Å²) in [4.78, 5) is 4.26. The van der Waals surface area contributed by atoms with Gasteiger partial charge in [0.1, 0.15) is 0 Å². The molecule has 0 fully saturated rings. The number of benzene rings is 2. The first kappa shape index (κ1) is 19.7. The lowest BCUT2D eigenvalue weighted by Crippen LogP contribution is -2.41. The van der Waals surface area contributed by atoms with Crippen molar-refractivity contribution >= 4 is 23.3 Å². The molecule has 0 spiro atoms. The molecule has 8 heteroatoms. The maximum Gasteiger partial charge on any atom is 0.184 e. The zero-order valence-electron chi connectivity index (χ0n) is 15.7. The van der Waals surface area contributed by atoms with E-state index in [1.165, 1.54) is 17.1 Å². The van der Waals surface area contributed by atoms with E-state index < -0.39 is 11.6 Å². The second-order valence-electron chi connectivity index (χ2n) is 6.41. The Bertz CT molecular complexity index is 919. The Balaban J connectivity index is 1.86. The van der Waals surface area contributed by atoms with Crippen molar-refractivity contribution in [1.29, 1.82) is 0 Å². The number of amidine groups is 1. The van der Waals surface area contributed by atoms with Crippen LogP contribution in [0.1, 0.15) is 24.5 Å². The van der Waals surface area contributed by atoms with Gasteiger partial charge in [0.05, 0.1) is 11.9 Å². The Morgan fingerprint density at radius 1 is 1.25 bits per heavy atom. The van der Waals surface area contributed by atoms with Gasteiger partial charge in [-0.25, -0.2) is 19.3 Å². The third-order valence-corrected chi connectivity index (χ3v) is 4.12. The summed E-state index contributed by atoms with van der Waals surface area (Å²) in [6.07, 6.45) is 3.64. The summed E-state index contributed by atoms with van der Waals surface area (Å²) in [7, 11) is 0. The van der Waals surface area contributed by atoms with Gasteiger partial charge in [0.15, 0.2) is 17.5 Å². The van der Waals surface area contributed by atoms with Gasteiger partial charge in [-0.2, -0.15) is 0 Å². The van der Waals surface area contributed by atoms with E-state index in [-0.39, 0.29) is 11.9 Å². The molecule has 2 aromatic rings. The quantitative estimate of drug-likeness (QED) is 0.668. The number of anilines is 1. The molecule has 1 heterocycles. The van der Waals surface area contributed by atoms with Crippen LogP contribution in [-0.2, 0) is 0 Å². The Morgan fingerprint density at radius 2 is 2.00 bits per heavy atom. The summed E-state index contributed by atoms with van der Waals surface area (Å²) in [5.74, 6) is -1.40. The molecule has 0 saturated heterocycles. The number of hydrogen-bond acceptors (Lipinski definition) is 6. The SMILES string of the molecule is Cc1ccc(C(/C=N\C(C)N)=C/CC2=NNNN2c2cccc(F)c2F)cc1. The van der Waals surface area contributed by atoms with Gasteiger partial charge in [-0.15, -0.1) is 10.6 Å². The molecule has 0 radical (unpaired) electrons. The lowest BCUT2D eigenvalue weighted by Gasteiger charge is -2.19. The number of hydrazine groups is 2. The van der Waals surface area contributed by atoms with Crippen LogP contribution in [0.15, 0.2) is 58.6 Å². The predicted octanol–water partition coefficient (Wildman–Crippen LogP) is 3.27. The average Bonchev–Trinajstić information content (AvgIpc) is 3.13. The van der Waals surface area contributed by atoms with Crippen LogP contribution >= 0.6 is 0 Å². The van der Waals surface area contributed by atoms with Crippen molar-refractivity contribution in [1.82, 2.24) is 11.1 Å². The van der Waals surface area contributed by atoms with E-state index in [0.717, 1.165) is 22.8 Å². The summed E-state index contributed by atoms with van der Waals surface area (Å²) in [6.45, 7) is 3.80. The van der Waals surface area contributed by atoms with Crippen LogP contribution in [0, 0.1) is 18.6 Å². The van der Waals surface area contributed by atoms with Crippen molar-refractivity contribution in [3.8, 4) is 0 Å². The number of nitrogens with one attached hydrogen (secondary N) is 2. The Hall–Kier alpha value is -3.10. The number of allylic oxidation sites excluding steroid dienone is 1. The molecule has 0 saturated carbocycles. The molecule has 1 unspecified atom stereocenters. The van der Waals surface area contributed by atoms with Crippen LogP contribution in [0.4, 0.5) is 14.5 Å². The highest BCUT2D eigenvalue weighted by atomic mass is 19.2. The summed E-state index contributed by atoms with van der Waals surface area (Å²) < 4.78 is 27.7. The smallest absolute Gasteiger partial charge is 0.184 e. The summed E-state index contributed by atoms with van der Waals surface area (Å²) >= 11 is 0. The van der Waals surface area contributed by atoms with Crippen LogP contribution in [-0.4, -0.2) is 18.2 Å². The van der Waals surface area contributed by atoms with Gasteiger partial charge in [-0.1, -0.05) is 42.0 Å². The third kappa shape index (κ3) is 4.59. The molecule has 1 aliphatic rings. The third-order valence-electron chi connectivity index (χ3n) is 4.12. The van der Waals surface area contributed by atoms with E-state index in [9.17, 15) is 8.78 Å².